The van der Waals surface area contributed by atoms with Gasteiger partial charge in [0.15, 0.2) is 12.5 Å². The van der Waals surface area contributed by atoms with Crippen LogP contribution in [0.15, 0.2) is 5.29 Å². The van der Waals surface area contributed by atoms with Gasteiger partial charge >= 0.3 is 6.03 Å². The van der Waals surface area contributed by atoms with Crippen molar-refractivity contribution in [3.63, 3.8) is 0 Å². The molecule has 1 unspecified atom stereocenters. The highest BCUT2D eigenvalue weighted by Crippen LogP contribution is 2.27. The minimum Gasteiger partial charge on any atom is -0.387 e. The molecule has 1 aliphatic heterocycles. The Balaban J connectivity index is 2.92. The number of urea groups is 1. The minimum atomic E-state index is -1.67. The monoisotopic (exact) mass is 427 g/mol. The van der Waals surface area contributed by atoms with Crippen LogP contribution in [0.25, 0.3) is 0 Å². The molecule has 1 aliphatic rings. The van der Waals surface area contributed by atoms with E-state index in [1.54, 1.807) is 0 Å². The van der Waals surface area contributed by atoms with Crippen molar-refractivity contribution in [2.75, 3.05) is 39.3 Å². The standard InChI is InChI=1S/C16H30ClN3O8/c1-10(2)9-27-15-12(22)11(21)13(28-15)14(23)19(6-4-8-26-3)16(24)20(18-25)7-5-17/h10-15,21-23H,4-9H2,1-3H3/t11-,12-,13+,14?,15+/m1/s1. The highest BCUT2D eigenvalue weighted by Gasteiger charge is 2.49. The van der Waals surface area contributed by atoms with Crippen LogP contribution in [-0.4, -0.2) is 101 Å². The number of methoxy groups -OCH3 is 1. The van der Waals surface area contributed by atoms with Gasteiger partial charge in [0.25, 0.3) is 0 Å². The lowest BCUT2D eigenvalue weighted by atomic mass is 10.1. The summed E-state index contributed by atoms with van der Waals surface area (Å²) in [5.74, 6) is 0.123. The number of nitrogens with zero attached hydrogens (tertiary/aromatic N) is 3. The third-order valence-electron chi connectivity index (χ3n) is 4.07. The summed E-state index contributed by atoms with van der Waals surface area (Å²) in [6.07, 6.45) is -6.74. The summed E-state index contributed by atoms with van der Waals surface area (Å²) in [4.78, 5) is 24.5. The molecule has 0 bridgehead atoms. The van der Waals surface area contributed by atoms with Gasteiger partial charge in [0.05, 0.1) is 18.4 Å². The van der Waals surface area contributed by atoms with Gasteiger partial charge in [0.1, 0.15) is 18.3 Å². The summed E-state index contributed by atoms with van der Waals surface area (Å²) in [6, 6.07) is -0.906. The second-order valence-electron chi connectivity index (χ2n) is 6.81. The zero-order valence-corrected chi connectivity index (χ0v) is 17.1. The number of amides is 2. The second-order valence-corrected chi connectivity index (χ2v) is 7.19. The Morgan fingerprint density at radius 1 is 1.29 bits per heavy atom. The molecule has 12 heteroatoms. The molecule has 1 saturated heterocycles. The van der Waals surface area contributed by atoms with Crippen molar-refractivity contribution < 1.29 is 34.3 Å². The molecule has 1 rings (SSSR count). The van der Waals surface area contributed by atoms with E-state index in [9.17, 15) is 25.0 Å². The third-order valence-corrected chi connectivity index (χ3v) is 4.24. The minimum absolute atomic E-state index is 0.0116. The number of halogens is 1. The molecule has 164 valence electrons. The van der Waals surface area contributed by atoms with Crippen LogP contribution >= 0.6 is 11.6 Å². The Kier molecular flexibility index (Phi) is 11.1. The third kappa shape index (κ3) is 6.76. The predicted octanol–water partition coefficient (Wildman–Crippen LogP) is 0.105. The first-order valence-corrected chi connectivity index (χ1v) is 9.59. The van der Waals surface area contributed by atoms with Crippen molar-refractivity contribution in [1.82, 2.24) is 9.91 Å². The van der Waals surface area contributed by atoms with Gasteiger partial charge in [-0.2, -0.15) is 5.01 Å². The lowest BCUT2D eigenvalue weighted by Crippen LogP contribution is -2.54. The topological polar surface area (TPSA) is 141 Å². The first-order valence-electron chi connectivity index (χ1n) is 9.06. The van der Waals surface area contributed by atoms with Crippen molar-refractivity contribution in [3.05, 3.63) is 4.91 Å². The molecule has 0 saturated carbocycles. The number of hydrogen-bond donors (Lipinski definition) is 3. The van der Waals surface area contributed by atoms with Gasteiger partial charge in [-0.25, -0.2) is 4.79 Å². The van der Waals surface area contributed by atoms with Crippen molar-refractivity contribution in [2.24, 2.45) is 11.2 Å². The summed E-state index contributed by atoms with van der Waals surface area (Å²) in [5.41, 5.74) is 0. The maximum Gasteiger partial charge on any atom is 0.345 e. The summed E-state index contributed by atoms with van der Waals surface area (Å²) >= 11 is 5.57. The average Bonchev–Trinajstić information content (AvgIpc) is 2.95. The van der Waals surface area contributed by atoms with E-state index in [2.05, 4.69) is 5.29 Å². The first-order chi connectivity index (χ1) is 13.3. The lowest BCUT2D eigenvalue weighted by molar-refractivity contribution is -0.194. The van der Waals surface area contributed by atoms with Gasteiger partial charge in [-0.15, -0.1) is 16.5 Å². The Morgan fingerprint density at radius 3 is 2.50 bits per heavy atom. The van der Waals surface area contributed by atoms with Crippen molar-refractivity contribution in [3.8, 4) is 0 Å². The number of nitroso groups, excluding NO2 is 1. The SMILES string of the molecule is COCCCN(C(=O)N(CCCl)N=O)C(O)[C@H]1O[C@H](OCC(C)C)[C@H](O)[C@H]1O. The summed E-state index contributed by atoms with van der Waals surface area (Å²) in [5, 5.41) is 34.3. The number of hydrogen-bond acceptors (Lipinski definition) is 9. The Labute approximate surface area is 169 Å². The number of ether oxygens (including phenoxy) is 3. The molecule has 28 heavy (non-hydrogen) atoms. The fourth-order valence-corrected chi connectivity index (χ4v) is 2.80. The molecule has 0 aromatic rings. The number of rotatable bonds is 12. The van der Waals surface area contributed by atoms with Crippen LogP contribution in [-0.2, 0) is 14.2 Å². The molecule has 0 aliphatic carbocycles. The molecule has 1 heterocycles. The lowest BCUT2D eigenvalue weighted by Gasteiger charge is -2.33. The fourth-order valence-electron chi connectivity index (χ4n) is 2.64. The summed E-state index contributed by atoms with van der Waals surface area (Å²) in [7, 11) is 1.48. The quantitative estimate of drug-likeness (QED) is 0.131. The van der Waals surface area contributed by atoms with E-state index in [0.717, 1.165) is 4.90 Å². The van der Waals surface area contributed by atoms with E-state index >= 15 is 0 Å². The molecule has 3 N–H and O–H groups in total. The van der Waals surface area contributed by atoms with Gasteiger partial charge in [-0.05, 0) is 12.3 Å². The van der Waals surface area contributed by atoms with Crippen LogP contribution < -0.4 is 0 Å². The molecule has 1 fully saturated rings. The second kappa shape index (κ2) is 12.5. The molecule has 0 aromatic carbocycles. The van der Waals surface area contributed by atoms with Crippen LogP contribution in [0.2, 0.25) is 0 Å². The number of aliphatic hydroxyl groups excluding tert-OH is 3. The van der Waals surface area contributed by atoms with E-state index in [1.807, 2.05) is 13.8 Å². The zero-order chi connectivity index (χ0) is 21.3. The van der Waals surface area contributed by atoms with Crippen LogP contribution in [0.1, 0.15) is 20.3 Å². The van der Waals surface area contributed by atoms with Crippen LogP contribution in [0.3, 0.4) is 0 Å². The molecule has 0 radical (unpaired) electrons. The number of carbonyl (C=O) groups is 1. The van der Waals surface area contributed by atoms with Gasteiger partial charge < -0.3 is 29.5 Å². The Bertz CT molecular complexity index is 487. The van der Waals surface area contributed by atoms with Crippen LogP contribution in [0.5, 0.6) is 0 Å². The zero-order valence-electron chi connectivity index (χ0n) is 16.3. The van der Waals surface area contributed by atoms with Gasteiger partial charge in [0, 0.05) is 26.1 Å². The van der Waals surface area contributed by atoms with E-state index in [-0.39, 0.29) is 38.1 Å². The fraction of sp³-hybridized carbons (Fsp3) is 0.938. The van der Waals surface area contributed by atoms with Crippen molar-refractivity contribution in [2.45, 2.75) is 51.1 Å². The van der Waals surface area contributed by atoms with Gasteiger partial charge in [-0.3, -0.25) is 4.90 Å². The molecule has 0 spiro atoms. The van der Waals surface area contributed by atoms with Crippen molar-refractivity contribution >= 4 is 17.6 Å². The molecule has 11 nitrogen and oxygen atoms in total. The summed E-state index contributed by atoms with van der Waals surface area (Å²) < 4.78 is 15.8. The number of aliphatic hydroxyl groups is 3. The molecule has 5 atom stereocenters. The molecular weight excluding hydrogens is 398 g/mol. The highest BCUT2D eigenvalue weighted by molar-refractivity contribution is 6.18. The first kappa shape index (κ1) is 25.0. The largest absolute Gasteiger partial charge is 0.387 e. The Hall–Kier alpha value is -1.08. The smallest absolute Gasteiger partial charge is 0.345 e. The van der Waals surface area contributed by atoms with Crippen LogP contribution in [0, 0.1) is 10.8 Å². The summed E-state index contributed by atoms with van der Waals surface area (Å²) in [6.45, 7) is 4.19. The maximum absolute atomic E-state index is 12.6. The van der Waals surface area contributed by atoms with Crippen LogP contribution in [0.4, 0.5) is 4.79 Å². The maximum atomic E-state index is 12.6. The average molecular weight is 428 g/mol. The molecular formula is C16H30ClN3O8. The predicted molar refractivity (Wildman–Crippen MR) is 99.3 cm³/mol. The van der Waals surface area contributed by atoms with Gasteiger partial charge in [0.2, 0.25) is 0 Å². The van der Waals surface area contributed by atoms with E-state index < -0.39 is 36.9 Å². The van der Waals surface area contributed by atoms with E-state index in [0.29, 0.717) is 11.4 Å². The normalized spacial score (nSPS) is 25.7. The van der Waals surface area contributed by atoms with Crippen molar-refractivity contribution in [1.29, 1.82) is 0 Å². The van der Waals surface area contributed by atoms with E-state index in [4.69, 9.17) is 25.8 Å². The number of alkyl halides is 1. The van der Waals surface area contributed by atoms with E-state index in [1.165, 1.54) is 7.11 Å². The van der Waals surface area contributed by atoms with Gasteiger partial charge in [-0.1, -0.05) is 13.8 Å². The Morgan fingerprint density at radius 2 is 1.96 bits per heavy atom. The molecule has 2 amide bonds. The molecule has 0 aromatic heterocycles. The number of carbonyl (C=O) groups excluding carboxylic acids is 1. The highest BCUT2D eigenvalue weighted by atomic mass is 35.5.